The van der Waals surface area contributed by atoms with Crippen LogP contribution in [0, 0.1) is 0 Å². The van der Waals surface area contributed by atoms with Crippen molar-refractivity contribution in [2.75, 3.05) is 4.90 Å². The van der Waals surface area contributed by atoms with Crippen LogP contribution >= 0.6 is 0 Å². The van der Waals surface area contributed by atoms with Gasteiger partial charge in [0.1, 0.15) is 11.4 Å². The van der Waals surface area contributed by atoms with Gasteiger partial charge in [-0.1, -0.05) is 6.42 Å². The van der Waals surface area contributed by atoms with E-state index in [-0.39, 0.29) is 28.3 Å². The first-order valence-electron chi connectivity index (χ1n) is 7.58. The van der Waals surface area contributed by atoms with Gasteiger partial charge in [0.25, 0.3) is 0 Å². The fraction of sp³-hybridized carbons (Fsp3) is 0.429. The summed E-state index contributed by atoms with van der Waals surface area (Å²) in [6.07, 6.45) is 4.23. The van der Waals surface area contributed by atoms with Crippen molar-refractivity contribution in [3.05, 3.63) is 18.2 Å². The Morgan fingerprint density at radius 3 is 2.46 bits per heavy atom. The highest BCUT2D eigenvalue weighted by molar-refractivity contribution is 7.89. The first kappa shape index (κ1) is 16.5. The number of aliphatic imine (C=N–C) groups is 2. The Morgan fingerprint density at radius 2 is 1.83 bits per heavy atom. The summed E-state index contributed by atoms with van der Waals surface area (Å²) in [5.41, 5.74) is 11.3. The number of phenols is 1. The van der Waals surface area contributed by atoms with Gasteiger partial charge in [0.05, 0.1) is 10.6 Å². The van der Waals surface area contributed by atoms with Gasteiger partial charge in [0, 0.05) is 0 Å². The lowest BCUT2D eigenvalue weighted by molar-refractivity contribution is 0.303. The van der Waals surface area contributed by atoms with E-state index >= 15 is 0 Å². The van der Waals surface area contributed by atoms with Crippen molar-refractivity contribution >= 4 is 27.6 Å². The van der Waals surface area contributed by atoms with Crippen LogP contribution in [0.5, 0.6) is 5.75 Å². The molecule has 1 fully saturated rings. The molecule has 1 aromatic carbocycles. The van der Waals surface area contributed by atoms with Gasteiger partial charge in [-0.25, -0.2) is 18.5 Å². The maximum atomic E-state index is 11.6. The molecule has 0 aromatic heterocycles. The largest absolute Gasteiger partial charge is 0.506 e. The molecule has 2 aliphatic rings. The quantitative estimate of drug-likeness (QED) is 0.592. The number of guanidine groups is 2. The number of phenolic OH excluding ortho intramolecular Hbond substituents is 1. The summed E-state index contributed by atoms with van der Waals surface area (Å²) in [7, 11) is -3.93. The molecule has 0 unspecified atom stereocenters. The van der Waals surface area contributed by atoms with Gasteiger partial charge in [-0.05, 0) is 43.9 Å². The van der Waals surface area contributed by atoms with Gasteiger partial charge in [-0.15, -0.1) is 0 Å². The third kappa shape index (κ3) is 2.78. The number of sulfonamides is 1. The second kappa shape index (κ2) is 5.64. The van der Waals surface area contributed by atoms with Gasteiger partial charge in [0.15, 0.2) is 0 Å². The number of nitrogens with zero attached hydrogens (tertiary/aromatic N) is 3. The van der Waals surface area contributed by atoms with Crippen LogP contribution in [-0.4, -0.2) is 31.1 Å². The Balaban J connectivity index is 2.17. The van der Waals surface area contributed by atoms with E-state index < -0.39 is 15.7 Å². The Kier molecular flexibility index (Phi) is 3.88. The fourth-order valence-corrected chi connectivity index (χ4v) is 3.86. The van der Waals surface area contributed by atoms with Crippen LogP contribution in [0.1, 0.15) is 32.1 Å². The molecule has 7 N–H and O–H groups in total. The second-order valence-electron chi connectivity index (χ2n) is 6.01. The molecule has 0 amide bonds. The monoisotopic (exact) mass is 352 g/mol. The van der Waals surface area contributed by atoms with E-state index in [1.807, 2.05) is 0 Å². The summed E-state index contributed by atoms with van der Waals surface area (Å²) in [6, 6.07) is 3.78. The number of nitrogens with two attached hydrogens (primary N) is 3. The smallest absolute Gasteiger partial charge is 0.238 e. The molecule has 1 aromatic rings. The van der Waals surface area contributed by atoms with Crippen LogP contribution in [0.3, 0.4) is 0 Å². The van der Waals surface area contributed by atoms with E-state index in [0.29, 0.717) is 12.8 Å². The standard InChI is InChI=1S/C14H20N6O3S/c15-12-18-13(16)20(14(19-12)6-2-1-3-7-14)10-8-9(24(17,22)23)4-5-11(10)21/h4-5,8,21H,1-3,6-7H2,(H2,17,22,23)(H4,15,16,18,19). The maximum absolute atomic E-state index is 11.6. The number of hydrogen-bond donors (Lipinski definition) is 4. The van der Waals surface area contributed by atoms with E-state index in [4.69, 9.17) is 16.6 Å². The zero-order valence-corrected chi connectivity index (χ0v) is 13.8. The maximum Gasteiger partial charge on any atom is 0.238 e. The van der Waals surface area contributed by atoms with E-state index in [0.717, 1.165) is 19.3 Å². The summed E-state index contributed by atoms with van der Waals surface area (Å²) in [6.45, 7) is 0. The SMILES string of the molecule is NC1=NC2(CCCCC2)N(c2cc(S(N)(=O)=O)ccc2O)C(N)=N1. The van der Waals surface area contributed by atoms with Gasteiger partial charge in [-0.2, -0.15) is 4.99 Å². The summed E-state index contributed by atoms with van der Waals surface area (Å²) >= 11 is 0. The molecule has 1 aliphatic carbocycles. The van der Waals surface area contributed by atoms with E-state index in [1.165, 1.54) is 18.2 Å². The van der Waals surface area contributed by atoms with E-state index in [9.17, 15) is 13.5 Å². The Morgan fingerprint density at radius 1 is 1.17 bits per heavy atom. The lowest BCUT2D eigenvalue weighted by Gasteiger charge is -2.45. The second-order valence-corrected chi connectivity index (χ2v) is 7.58. The topological polar surface area (TPSA) is 160 Å². The summed E-state index contributed by atoms with van der Waals surface area (Å²) in [5.74, 6) is 0.000167. The van der Waals surface area contributed by atoms with Gasteiger partial charge in [0.2, 0.25) is 21.9 Å². The van der Waals surface area contributed by atoms with E-state index in [2.05, 4.69) is 9.98 Å². The number of anilines is 1. The van der Waals surface area contributed by atoms with Crippen LogP contribution in [-0.2, 0) is 10.0 Å². The summed E-state index contributed by atoms with van der Waals surface area (Å²) in [5, 5.41) is 15.5. The molecule has 1 saturated carbocycles. The predicted octanol–water partition coefficient (Wildman–Crippen LogP) is 0.149. The van der Waals surface area contributed by atoms with Gasteiger partial charge < -0.3 is 16.6 Å². The molecule has 1 aliphatic heterocycles. The third-order valence-electron chi connectivity index (χ3n) is 4.37. The molecule has 1 spiro atoms. The molecule has 3 rings (SSSR count). The Hall–Kier alpha value is -2.33. The van der Waals surface area contributed by atoms with Crippen LogP contribution in [0.15, 0.2) is 33.1 Å². The van der Waals surface area contributed by atoms with Crippen molar-refractivity contribution in [2.45, 2.75) is 42.7 Å². The highest BCUT2D eigenvalue weighted by Crippen LogP contribution is 2.42. The molecule has 0 bridgehead atoms. The lowest BCUT2D eigenvalue weighted by atomic mass is 9.87. The minimum absolute atomic E-state index is 0.0614. The zero-order chi connectivity index (χ0) is 17.5. The predicted molar refractivity (Wildman–Crippen MR) is 91.0 cm³/mol. The van der Waals surface area contributed by atoms with Crippen molar-refractivity contribution in [2.24, 2.45) is 26.6 Å². The number of aromatic hydroxyl groups is 1. The van der Waals surface area contributed by atoms with E-state index in [1.54, 1.807) is 4.90 Å². The molecule has 0 atom stereocenters. The molecule has 0 radical (unpaired) electrons. The molecule has 1 heterocycles. The average molecular weight is 352 g/mol. The molecule has 24 heavy (non-hydrogen) atoms. The van der Waals surface area contributed by atoms with Crippen LogP contribution in [0.25, 0.3) is 0 Å². The first-order valence-corrected chi connectivity index (χ1v) is 9.13. The number of primary sulfonamides is 1. The van der Waals surface area contributed by atoms with Crippen molar-refractivity contribution in [1.29, 1.82) is 0 Å². The van der Waals surface area contributed by atoms with Crippen LogP contribution in [0.2, 0.25) is 0 Å². The normalized spacial score (nSPS) is 20.6. The molecule has 0 saturated heterocycles. The first-order chi connectivity index (χ1) is 11.2. The molecular formula is C14H20N6O3S. The zero-order valence-electron chi connectivity index (χ0n) is 13.0. The highest BCUT2D eigenvalue weighted by Gasteiger charge is 2.43. The lowest BCUT2D eigenvalue weighted by Crippen LogP contribution is -2.58. The minimum Gasteiger partial charge on any atom is -0.506 e. The van der Waals surface area contributed by atoms with Crippen LogP contribution < -0.4 is 21.5 Å². The van der Waals surface area contributed by atoms with Crippen molar-refractivity contribution < 1.29 is 13.5 Å². The number of benzene rings is 1. The highest BCUT2D eigenvalue weighted by atomic mass is 32.2. The molecule has 9 nitrogen and oxygen atoms in total. The summed E-state index contributed by atoms with van der Waals surface area (Å²) in [4.78, 5) is 9.89. The third-order valence-corrected chi connectivity index (χ3v) is 5.28. The minimum atomic E-state index is -3.93. The van der Waals surface area contributed by atoms with Crippen LogP contribution in [0.4, 0.5) is 5.69 Å². The van der Waals surface area contributed by atoms with Gasteiger partial charge >= 0.3 is 0 Å². The van der Waals surface area contributed by atoms with Crippen molar-refractivity contribution in [1.82, 2.24) is 0 Å². The van der Waals surface area contributed by atoms with Crippen molar-refractivity contribution in [3.63, 3.8) is 0 Å². The van der Waals surface area contributed by atoms with Gasteiger partial charge in [-0.3, -0.25) is 4.90 Å². The molecular weight excluding hydrogens is 332 g/mol. The fourth-order valence-electron chi connectivity index (χ4n) is 3.33. The summed E-state index contributed by atoms with van der Waals surface area (Å²) < 4.78 is 23.3. The van der Waals surface area contributed by atoms with Crippen molar-refractivity contribution in [3.8, 4) is 5.75 Å². The molecule has 130 valence electrons. The number of rotatable bonds is 2. The Labute approximate surface area is 139 Å². The molecule has 10 heteroatoms. The Bertz CT molecular complexity index is 827. The number of hydrogen-bond acceptors (Lipinski definition) is 8. The average Bonchev–Trinajstić information content (AvgIpc) is 2.48.